The van der Waals surface area contributed by atoms with Gasteiger partial charge in [0, 0.05) is 6.54 Å². The van der Waals surface area contributed by atoms with Gasteiger partial charge >= 0.3 is 0 Å². The minimum absolute atomic E-state index is 0.773. The van der Waals surface area contributed by atoms with Gasteiger partial charge in [-0.25, -0.2) is 0 Å². The molecule has 0 aliphatic carbocycles. The summed E-state index contributed by atoms with van der Waals surface area (Å²) in [6.07, 6.45) is 0. The highest BCUT2D eigenvalue weighted by Crippen LogP contribution is 2.30. The van der Waals surface area contributed by atoms with Crippen LogP contribution in [0, 0.1) is 6.92 Å². The van der Waals surface area contributed by atoms with Gasteiger partial charge in [0.2, 0.25) is 0 Å². The molecule has 0 spiro atoms. The summed E-state index contributed by atoms with van der Waals surface area (Å²) in [5.41, 5.74) is 3.19. The van der Waals surface area contributed by atoms with E-state index in [2.05, 4.69) is 28.2 Å². The highest BCUT2D eigenvalue weighted by atomic mass is 79.9. The molecule has 0 unspecified atom stereocenters. The minimum atomic E-state index is 0.773. The molecule has 0 radical (unpaired) electrons. The van der Waals surface area contributed by atoms with Gasteiger partial charge < -0.3 is 14.8 Å². The molecule has 1 rings (SSSR count). The van der Waals surface area contributed by atoms with E-state index in [1.807, 2.05) is 12.1 Å². The van der Waals surface area contributed by atoms with Crippen LogP contribution in [0.15, 0.2) is 12.1 Å². The van der Waals surface area contributed by atoms with Crippen molar-refractivity contribution in [3.8, 4) is 11.5 Å². The Hall–Kier alpha value is -0.740. The maximum atomic E-state index is 5.25. The van der Waals surface area contributed by atoms with Gasteiger partial charge in [0.05, 0.1) is 19.7 Å². The third kappa shape index (κ3) is 3.11. The van der Waals surface area contributed by atoms with E-state index < -0.39 is 0 Å². The fourth-order valence-electron chi connectivity index (χ4n) is 1.40. The van der Waals surface area contributed by atoms with E-state index in [1.165, 1.54) is 11.1 Å². The van der Waals surface area contributed by atoms with Crippen LogP contribution in [0.3, 0.4) is 0 Å². The Morgan fingerprint density at radius 1 is 1.20 bits per heavy atom. The van der Waals surface area contributed by atoms with Crippen LogP contribution in [-0.2, 0) is 6.54 Å². The SMILES string of the molecule is COc1cc(C)c(CNCBr)cc1OC. The van der Waals surface area contributed by atoms with Crippen LogP contribution in [0.25, 0.3) is 0 Å². The maximum Gasteiger partial charge on any atom is 0.161 e. The number of hydrogen-bond acceptors (Lipinski definition) is 3. The Balaban J connectivity index is 2.97. The molecule has 0 fully saturated rings. The number of aryl methyl sites for hydroxylation is 1. The number of rotatable bonds is 5. The highest BCUT2D eigenvalue weighted by Gasteiger charge is 2.07. The first-order valence-corrected chi connectivity index (χ1v) is 5.83. The summed E-state index contributed by atoms with van der Waals surface area (Å²) in [6, 6.07) is 3.99. The van der Waals surface area contributed by atoms with Gasteiger partial charge in [-0.3, -0.25) is 0 Å². The smallest absolute Gasteiger partial charge is 0.161 e. The lowest BCUT2D eigenvalue weighted by molar-refractivity contribution is 0.354. The summed E-state index contributed by atoms with van der Waals surface area (Å²) in [7, 11) is 3.29. The van der Waals surface area contributed by atoms with Gasteiger partial charge in [0.15, 0.2) is 11.5 Å². The summed E-state index contributed by atoms with van der Waals surface area (Å²) in [4.78, 5) is 0. The molecule has 0 saturated heterocycles. The van der Waals surface area contributed by atoms with Crippen LogP contribution < -0.4 is 14.8 Å². The van der Waals surface area contributed by atoms with Gasteiger partial charge in [-0.1, -0.05) is 15.9 Å². The molecule has 1 aromatic carbocycles. The van der Waals surface area contributed by atoms with E-state index in [1.54, 1.807) is 14.2 Å². The average molecular weight is 274 g/mol. The van der Waals surface area contributed by atoms with Crippen molar-refractivity contribution in [1.29, 1.82) is 0 Å². The molecular formula is C11H16BrNO2. The third-order valence-electron chi connectivity index (χ3n) is 2.25. The molecule has 3 nitrogen and oxygen atoms in total. The topological polar surface area (TPSA) is 30.5 Å². The van der Waals surface area contributed by atoms with Crippen molar-refractivity contribution in [3.05, 3.63) is 23.3 Å². The molecule has 0 amide bonds. The van der Waals surface area contributed by atoms with Gasteiger partial charge in [-0.15, -0.1) is 0 Å². The molecule has 0 heterocycles. The largest absolute Gasteiger partial charge is 0.493 e. The van der Waals surface area contributed by atoms with Crippen LogP contribution in [0.1, 0.15) is 11.1 Å². The van der Waals surface area contributed by atoms with E-state index in [0.717, 1.165) is 23.5 Å². The number of nitrogens with one attached hydrogen (secondary N) is 1. The third-order valence-corrected chi connectivity index (χ3v) is 2.65. The zero-order valence-electron chi connectivity index (χ0n) is 9.26. The van der Waals surface area contributed by atoms with E-state index in [4.69, 9.17) is 9.47 Å². The van der Waals surface area contributed by atoms with Crippen molar-refractivity contribution >= 4 is 15.9 Å². The average Bonchev–Trinajstić information content (AvgIpc) is 2.27. The van der Waals surface area contributed by atoms with Gasteiger partial charge in [-0.2, -0.15) is 0 Å². The second kappa shape index (κ2) is 5.98. The summed E-state index contributed by atoms with van der Waals surface area (Å²) in [5, 5.41) is 3.21. The van der Waals surface area contributed by atoms with Crippen LogP contribution >= 0.6 is 15.9 Å². The van der Waals surface area contributed by atoms with E-state index in [9.17, 15) is 0 Å². The first kappa shape index (κ1) is 12.3. The van der Waals surface area contributed by atoms with Gasteiger partial charge in [-0.05, 0) is 30.2 Å². The maximum absolute atomic E-state index is 5.25. The van der Waals surface area contributed by atoms with Crippen LogP contribution in [-0.4, -0.2) is 19.7 Å². The Kier molecular flexibility index (Phi) is 4.91. The Bertz CT molecular complexity index is 329. The fraction of sp³-hybridized carbons (Fsp3) is 0.455. The molecular weight excluding hydrogens is 258 g/mol. The van der Waals surface area contributed by atoms with E-state index in [-0.39, 0.29) is 0 Å². The van der Waals surface area contributed by atoms with Gasteiger partial charge in [0.1, 0.15) is 0 Å². The Labute approximate surface area is 98.9 Å². The molecule has 15 heavy (non-hydrogen) atoms. The summed E-state index contributed by atoms with van der Waals surface area (Å²) >= 11 is 3.33. The molecule has 0 saturated carbocycles. The van der Waals surface area contributed by atoms with Gasteiger partial charge in [0.25, 0.3) is 0 Å². The molecule has 84 valence electrons. The summed E-state index contributed by atoms with van der Waals surface area (Å²) < 4.78 is 10.5. The summed E-state index contributed by atoms with van der Waals surface area (Å²) in [5.74, 6) is 1.55. The Morgan fingerprint density at radius 2 is 1.80 bits per heavy atom. The molecule has 1 N–H and O–H groups in total. The standard InChI is InChI=1S/C11H16BrNO2/c1-8-4-10(14-2)11(15-3)5-9(8)6-13-7-12/h4-5,13H,6-7H2,1-3H3. The van der Waals surface area contributed by atoms with Crippen molar-refractivity contribution in [2.45, 2.75) is 13.5 Å². The fourth-order valence-corrected chi connectivity index (χ4v) is 1.59. The van der Waals surface area contributed by atoms with Crippen LogP contribution in [0.2, 0.25) is 0 Å². The first-order valence-electron chi connectivity index (χ1n) is 4.71. The van der Waals surface area contributed by atoms with Crippen molar-refractivity contribution < 1.29 is 9.47 Å². The number of methoxy groups -OCH3 is 2. The molecule has 0 aliphatic rings. The molecule has 1 aromatic rings. The number of ether oxygens (including phenoxy) is 2. The quantitative estimate of drug-likeness (QED) is 0.661. The molecule has 0 aliphatic heterocycles. The second-order valence-electron chi connectivity index (χ2n) is 3.19. The number of alkyl halides is 1. The summed E-state index contributed by atoms with van der Waals surface area (Å²) in [6.45, 7) is 2.88. The minimum Gasteiger partial charge on any atom is -0.493 e. The van der Waals surface area contributed by atoms with Crippen molar-refractivity contribution in [1.82, 2.24) is 5.32 Å². The highest BCUT2D eigenvalue weighted by molar-refractivity contribution is 9.09. The predicted octanol–water partition coefficient (Wildman–Crippen LogP) is 2.45. The second-order valence-corrected chi connectivity index (χ2v) is 3.75. The van der Waals surface area contributed by atoms with E-state index in [0.29, 0.717) is 0 Å². The number of benzene rings is 1. The molecule has 0 aromatic heterocycles. The Morgan fingerprint density at radius 3 is 2.33 bits per heavy atom. The molecule has 0 atom stereocenters. The molecule has 4 heteroatoms. The van der Waals surface area contributed by atoms with Crippen LogP contribution in [0.5, 0.6) is 11.5 Å². The number of halogens is 1. The lowest BCUT2D eigenvalue weighted by Crippen LogP contribution is -2.11. The zero-order chi connectivity index (χ0) is 11.3. The van der Waals surface area contributed by atoms with Crippen molar-refractivity contribution in [2.24, 2.45) is 0 Å². The lowest BCUT2D eigenvalue weighted by atomic mass is 10.1. The lowest BCUT2D eigenvalue weighted by Gasteiger charge is -2.12. The monoisotopic (exact) mass is 273 g/mol. The van der Waals surface area contributed by atoms with Crippen LogP contribution in [0.4, 0.5) is 0 Å². The van der Waals surface area contributed by atoms with Crippen molar-refractivity contribution in [2.75, 3.05) is 19.7 Å². The normalized spacial score (nSPS) is 10.1. The van der Waals surface area contributed by atoms with E-state index >= 15 is 0 Å². The van der Waals surface area contributed by atoms with Crippen molar-refractivity contribution in [3.63, 3.8) is 0 Å². The first-order chi connectivity index (χ1) is 7.22. The zero-order valence-corrected chi connectivity index (χ0v) is 10.8. The predicted molar refractivity (Wildman–Crippen MR) is 64.9 cm³/mol. The molecule has 0 bridgehead atoms. The number of hydrogen-bond donors (Lipinski definition) is 1.